The number of primary amides is 1. The fourth-order valence-corrected chi connectivity index (χ4v) is 2.17. The number of benzene rings is 2. The van der Waals surface area contributed by atoms with Crippen LogP contribution in [0.1, 0.15) is 10.4 Å². The topological polar surface area (TPSA) is 76.8 Å². The van der Waals surface area contributed by atoms with Crippen molar-refractivity contribution in [3.63, 3.8) is 0 Å². The van der Waals surface area contributed by atoms with Crippen molar-refractivity contribution < 1.29 is 14.3 Å². The van der Waals surface area contributed by atoms with Gasteiger partial charge in [-0.15, -0.1) is 0 Å². The number of methoxy groups -OCH3 is 1. The molecule has 6 heteroatoms. The second-order valence-electron chi connectivity index (χ2n) is 5.55. The largest absolute Gasteiger partial charge is 0.493 e. The number of amides is 1. The van der Waals surface area contributed by atoms with Gasteiger partial charge in [0.05, 0.1) is 18.4 Å². The first kappa shape index (κ1) is 17.6. The Labute approximate surface area is 142 Å². The Balaban J connectivity index is 2.21. The normalized spacial score (nSPS) is 10.5. The predicted octanol–water partition coefficient (Wildman–Crippen LogP) is 2.48. The molecule has 0 radical (unpaired) electrons. The maximum absolute atomic E-state index is 11.5. The quantitative estimate of drug-likeness (QED) is 0.778. The number of nitrogens with two attached hydrogens (primary N) is 1. The van der Waals surface area contributed by atoms with Gasteiger partial charge in [0.25, 0.3) is 5.91 Å². The minimum atomic E-state index is -0.478. The molecule has 128 valence electrons. The van der Waals surface area contributed by atoms with Gasteiger partial charge in [-0.05, 0) is 38.4 Å². The summed E-state index contributed by atoms with van der Waals surface area (Å²) >= 11 is 0. The van der Waals surface area contributed by atoms with Crippen LogP contribution in [0.3, 0.4) is 0 Å². The van der Waals surface area contributed by atoms with Gasteiger partial charge in [0.15, 0.2) is 11.5 Å². The summed E-state index contributed by atoms with van der Waals surface area (Å²) in [6.07, 6.45) is 0. The smallest absolute Gasteiger partial charge is 0.250 e. The SMILES string of the molecule is COc1ccc(Nc2ccccc2C(N)=O)cc1OCCN(C)C. The summed E-state index contributed by atoms with van der Waals surface area (Å²) in [4.78, 5) is 13.6. The molecule has 0 spiro atoms. The van der Waals surface area contributed by atoms with Crippen LogP contribution in [0, 0.1) is 0 Å². The third kappa shape index (κ3) is 4.63. The van der Waals surface area contributed by atoms with Gasteiger partial charge >= 0.3 is 0 Å². The molecule has 0 aliphatic heterocycles. The Kier molecular flexibility index (Phi) is 6.03. The third-order valence-electron chi connectivity index (χ3n) is 3.43. The van der Waals surface area contributed by atoms with Crippen LogP contribution in [-0.4, -0.2) is 45.2 Å². The summed E-state index contributed by atoms with van der Waals surface area (Å²) in [6.45, 7) is 1.34. The second kappa shape index (κ2) is 8.21. The molecule has 0 saturated heterocycles. The zero-order chi connectivity index (χ0) is 17.5. The van der Waals surface area contributed by atoms with Gasteiger partial charge in [-0.25, -0.2) is 0 Å². The van der Waals surface area contributed by atoms with E-state index in [1.165, 1.54) is 0 Å². The fraction of sp³-hybridized carbons (Fsp3) is 0.278. The molecule has 24 heavy (non-hydrogen) atoms. The molecule has 0 aromatic heterocycles. The monoisotopic (exact) mass is 329 g/mol. The van der Waals surface area contributed by atoms with Gasteiger partial charge < -0.3 is 25.4 Å². The molecule has 0 aliphatic rings. The van der Waals surface area contributed by atoms with Crippen LogP contribution < -0.4 is 20.5 Å². The minimum Gasteiger partial charge on any atom is -0.493 e. The van der Waals surface area contributed by atoms with Gasteiger partial charge in [-0.1, -0.05) is 12.1 Å². The van der Waals surface area contributed by atoms with Crippen molar-refractivity contribution in [2.75, 3.05) is 39.7 Å². The van der Waals surface area contributed by atoms with Crippen molar-refractivity contribution in [1.82, 2.24) is 4.90 Å². The number of carbonyl (C=O) groups excluding carboxylic acids is 1. The lowest BCUT2D eigenvalue weighted by atomic mass is 10.1. The molecule has 0 bridgehead atoms. The Morgan fingerprint density at radius 1 is 1.17 bits per heavy atom. The van der Waals surface area contributed by atoms with Gasteiger partial charge in [0, 0.05) is 18.3 Å². The first-order valence-electron chi connectivity index (χ1n) is 7.62. The summed E-state index contributed by atoms with van der Waals surface area (Å²) < 4.78 is 11.1. The predicted molar refractivity (Wildman–Crippen MR) is 95.3 cm³/mol. The molecule has 0 aliphatic carbocycles. The summed E-state index contributed by atoms with van der Waals surface area (Å²) in [7, 11) is 5.57. The average molecular weight is 329 g/mol. The van der Waals surface area contributed by atoms with Crippen molar-refractivity contribution in [2.24, 2.45) is 5.73 Å². The lowest BCUT2D eigenvalue weighted by molar-refractivity contribution is 0.100. The van der Waals surface area contributed by atoms with Crippen molar-refractivity contribution in [3.8, 4) is 11.5 Å². The van der Waals surface area contributed by atoms with Crippen molar-refractivity contribution in [3.05, 3.63) is 48.0 Å². The molecule has 3 N–H and O–H groups in total. The van der Waals surface area contributed by atoms with Crippen LogP contribution in [0.4, 0.5) is 11.4 Å². The second-order valence-corrected chi connectivity index (χ2v) is 5.55. The molecule has 6 nitrogen and oxygen atoms in total. The summed E-state index contributed by atoms with van der Waals surface area (Å²) in [5.41, 5.74) is 7.27. The van der Waals surface area contributed by atoms with Crippen molar-refractivity contribution in [1.29, 1.82) is 0 Å². The Bertz CT molecular complexity index is 702. The Hall–Kier alpha value is -2.73. The van der Waals surface area contributed by atoms with Gasteiger partial charge in [0.2, 0.25) is 0 Å². The van der Waals surface area contributed by atoms with Crippen molar-refractivity contribution >= 4 is 17.3 Å². The number of carbonyl (C=O) groups is 1. The van der Waals surface area contributed by atoms with Crippen LogP contribution in [0.25, 0.3) is 0 Å². The first-order chi connectivity index (χ1) is 11.5. The number of ether oxygens (including phenoxy) is 2. The third-order valence-corrected chi connectivity index (χ3v) is 3.43. The maximum Gasteiger partial charge on any atom is 0.250 e. The number of rotatable bonds is 8. The van der Waals surface area contributed by atoms with Gasteiger partial charge in [0.1, 0.15) is 6.61 Å². The van der Waals surface area contributed by atoms with E-state index in [2.05, 4.69) is 5.32 Å². The van der Waals surface area contributed by atoms with E-state index in [0.29, 0.717) is 29.4 Å². The highest BCUT2D eigenvalue weighted by Gasteiger charge is 2.10. The highest BCUT2D eigenvalue weighted by molar-refractivity contribution is 5.99. The van der Waals surface area contributed by atoms with Crippen LogP contribution in [0.2, 0.25) is 0 Å². The molecule has 2 aromatic carbocycles. The molecule has 0 heterocycles. The molecule has 2 rings (SSSR count). The minimum absolute atomic E-state index is 0.434. The lowest BCUT2D eigenvalue weighted by Crippen LogP contribution is -2.19. The Morgan fingerprint density at radius 3 is 2.58 bits per heavy atom. The molecular formula is C18H23N3O3. The first-order valence-corrected chi connectivity index (χ1v) is 7.62. The average Bonchev–Trinajstić information content (AvgIpc) is 2.55. The number of anilines is 2. The van der Waals surface area contributed by atoms with Gasteiger partial charge in [-0.2, -0.15) is 0 Å². The van der Waals surface area contributed by atoms with E-state index >= 15 is 0 Å². The number of para-hydroxylation sites is 1. The number of nitrogens with one attached hydrogen (secondary N) is 1. The van der Waals surface area contributed by atoms with Crippen LogP contribution in [0.15, 0.2) is 42.5 Å². The highest BCUT2D eigenvalue weighted by Crippen LogP contribution is 2.32. The summed E-state index contributed by atoms with van der Waals surface area (Å²) in [5, 5.41) is 3.20. The zero-order valence-corrected chi connectivity index (χ0v) is 14.2. The summed E-state index contributed by atoms with van der Waals surface area (Å²) in [5.74, 6) is 0.817. The number of nitrogens with zero attached hydrogens (tertiary/aromatic N) is 1. The van der Waals surface area contributed by atoms with E-state index in [-0.39, 0.29) is 0 Å². The van der Waals surface area contributed by atoms with Crippen LogP contribution in [0.5, 0.6) is 11.5 Å². The van der Waals surface area contributed by atoms with E-state index in [1.807, 2.05) is 43.3 Å². The lowest BCUT2D eigenvalue weighted by Gasteiger charge is -2.16. The molecule has 0 unspecified atom stereocenters. The zero-order valence-electron chi connectivity index (χ0n) is 14.2. The molecule has 0 fully saturated rings. The van der Waals surface area contributed by atoms with Crippen LogP contribution in [-0.2, 0) is 0 Å². The molecule has 0 atom stereocenters. The van der Waals surface area contributed by atoms with E-state index < -0.39 is 5.91 Å². The highest BCUT2D eigenvalue weighted by atomic mass is 16.5. The number of hydrogen-bond acceptors (Lipinski definition) is 5. The molecule has 2 aromatic rings. The van der Waals surface area contributed by atoms with Gasteiger partial charge in [-0.3, -0.25) is 4.79 Å². The number of likely N-dealkylation sites (N-methyl/N-ethyl adjacent to an activating group) is 1. The van der Waals surface area contributed by atoms with Crippen molar-refractivity contribution in [2.45, 2.75) is 0 Å². The molecule has 1 amide bonds. The summed E-state index contributed by atoms with van der Waals surface area (Å²) in [6, 6.07) is 12.6. The fourth-order valence-electron chi connectivity index (χ4n) is 2.17. The van der Waals surface area contributed by atoms with E-state index in [0.717, 1.165) is 12.2 Å². The molecule has 0 saturated carbocycles. The van der Waals surface area contributed by atoms with E-state index in [1.54, 1.807) is 25.3 Å². The molecular weight excluding hydrogens is 306 g/mol. The number of hydrogen-bond donors (Lipinski definition) is 2. The van der Waals surface area contributed by atoms with E-state index in [9.17, 15) is 4.79 Å². The van der Waals surface area contributed by atoms with Crippen LogP contribution >= 0.6 is 0 Å². The maximum atomic E-state index is 11.5. The Morgan fingerprint density at radius 2 is 1.92 bits per heavy atom. The van der Waals surface area contributed by atoms with E-state index in [4.69, 9.17) is 15.2 Å². The standard InChI is InChI=1S/C18H23N3O3/c1-21(2)10-11-24-17-12-13(8-9-16(17)23-3)20-15-7-5-4-6-14(15)18(19)22/h4-9,12,20H,10-11H2,1-3H3,(H2,19,22).